The van der Waals surface area contributed by atoms with Crippen molar-refractivity contribution >= 4 is 11.3 Å². The van der Waals surface area contributed by atoms with E-state index in [1.54, 1.807) is 7.11 Å². The zero-order valence-corrected chi connectivity index (χ0v) is 13.1. The van der Waals surface area contributed by atoms with E-state index in [4.69, 9.17) is 4.74 Å². The van der Waals surface area contributed by atoms with Crippen LogP contribution in [0.2, 0.25) is 0 Å². The lowest BCUT2D eigenvalue weighted by atomic mass is 10.0. The number of methoxy groups -OCH3 is 1. The summed E-state index contributed by atoms with van der Waals surface area (Å²) in [4.78, 5) is 1.47. The fraction of sp³-hybridized carbons (Fsp3) is 0.412. The summed E-state index contributed by atoms with van der Waals surface area (Å²) in [6.45, 7) is 3.17. The molecule has 0 aliphatic heterocycles. The zero-order chi connectivity index (χ0) is 14.2. The average Bonchev–Trinajstić information content (AvgIpc) is 2.99. The Kier molecular flexibility index (Phi) is 6.09. The number of hydrogen-bond donors (Lipinski definition) is 1. The van der Waals surface area contributed by atoms with Crippen molar-refractivity contribution in [1.29, 1.82) is 0 Å². The van der Waals surface area contributed by atoms with Crippen molar-refractivity contribution in [3.05, 3.63) is 52.2 Å². The molecule has 0 saturated heterocycles. The summed E-state index contributed by atoms with van der Waals surface area (Å²) in [6, 6.07) is 13.2. The first-order valence-electron chi connectivity index (χ1n) is 7.21. The fourth-order valence-corrected chi connectivity index (χ4v) is 3.20. The van der Waals surface area contributed by atoms with Gasteiger partial charge in [0, 0.05) is 10.9 Å². The molecule has 0 radical (unpaired) electrons. The molecule has 1 aromatic carbocycles. The van der Waals surface area contributed by atoms with Gasteiger partial charge in [-0.2, -0.15) is 0 Å². The number of aryl methyl sites for hydroxylation is 1. The molecule has 1 unspecified atom stereocenters. The Hall–Kier alpha value is -1.32. The van der Waals surface area contributed by atoms with Gasteiger partial charge in [0.05, 0.1) is 7.11 Å². The van der Waals surface area contributed by atoms with Gasteiger partial charge in [-0.15, -0.1) is 11.3 Å². The van der Waals surface area contributed by atoms with E-state index in [-0.39, 0.29) is 0 Å². The molecule has 0 saturated carbocycles. The minimum Gasteiger partial charge on any atom is -0.496 e. The summed E-state index contributed by atoms with van der Waals surface area (Å²) >= 11 is 1.84. The molecular weight excluding hydrogens is 266 g/mol. The third kappa shape index (κ3) is 4.36. The Balaban J connectivity index is 1.97. The summed E-state index contributed by atoms with van der Waals surface area (Å²) in [5.41, 5.74) is 1.28. The Morgan fingerprint density at radius 2 is 2.05 bits per heavy atom. The molecule has 1 atom stereocenters. The molecule has 0 aliphatic rings. The molecule has 3 heteroatoms. The molecule has 1 heterocycles. The Bertz CT molecular complexity index is 495. The van der Waals surface area contributed by atoms with E-state index in [1.165, 1.54) is 10.4 Å². The van der Waals surface area contributed by atoms with Crippen molar-refractivity contribution in [3.8, 4) is 5.75 Å². The first kappa shape index (κ1) is 15.1. The average molecular weight is 289 g/mol. The van der Waals surface area contributed by atoms with Crippen LogP contribution < -0.4 is 10.1 Å². The summed E-state index contributed by atoms with van der Waals surface area (Å²) in [6.07, 6.45) is 3.32. The number of likely N-dealkylation sites (N-methyl/N-ethyl adjacent to an activating group) is 1. The van der Waals surface area contributed by atoms with Gasteiger partial charge in [0.25, 0.3) is 0 Å². The van der Waals surface area contributed by atoms with Crippen LogP contribution in [0.15, 0.2) is 41.8 Å². The molecule has 0 amide bonds. The van der Waals surface area contributed by atoms with Gasteiger partial charge in [0.15, 0.2) is 0 Å². The first-order chi connectivity index (χ1) is 9.83. The van der Waals surface area contributed by atoms with Crippen LogP contribution in [-0.4, -0.2) is 19.7 Å². The maximum atomic E-state index is 5.45. The van der Waals surface area contributed by atoms with Crippen LogP contribution >= 0.6 is 11.3 Å². The van der Waals surface area contributed by atoms with Gasteiger partial charge < -0.3 is 10.1 Å². The number of nitrogens with one attached hydrogen (secondary N) is 1. The highest BCUT2D eigenvalue weighted by atomic mass is 32.1. The Labute approximate surface area is 125 Å². The number of benzene rings is 1. The smallest absolute Gasteiger partial charge is 0.122 e. The number of hydrogen-bond acceptors (Lipinski definition) is 3. The quantitative estimate of drug-likeness (QED) is 0.795. The van der Waals surface area contributed by atoms with Crippen LogP contribution in [0.25, 0.3) is 0 Å². The van der Waals surface area contributed by atoms with Gasteiger partial charge in [-0.1, -0.05) is 31.2 Å². The summed E-state index contributed by atoms with van der Waals surface area (Å²) in [7, 11) is 1.74. The highest BCUT2D eigenvalue weighted by Gasteiger charge is 2.12. The number of rotatable bonds is 8. The predicted molar refractivity (Wildman–Crippen MR) is 86.8 cm³/mol. The molecular formula is C17H23NOS. The van der Waals surface area contributed by atoms with E-state index in [0.717, 1.165) is 31.6 Å². The van der Waals surface area contributed by atoms with Crippen molar-refractivity contribution in [2.75, 3.05) is 13.7 Å². The minimum atomic E-state index is 0.499. The number of ether oxygens (including phenoxy) is 1. The number of thiophene rings is 1. The zero-order valence-electron chi connectivity index (χ0n) is 12.3. The Morgan fingerprint density at radius 1 is 1.20 bits per heavy atom. The van der Waals surface area contributed by atoms with Gasteiger partial charge in [-0.25, -0.2) is 0 Å². The molecule has 0 bridgehead atoms. The maximum absolute atomic E-state index is 5.45. The second kappa shape index (κ2) is 8.08. The van der Waals surface area contributed by atoms with Crippen LogP contribution in [-0.2, 0) is 12.8 Å². The lowest BCUT2D eigenvalue weighted by Gasteiger charge is -2.19. The molecule has 20 heavy (non-hydrogen) atoms. The van der Waals surface area contributed by atoms with E-state index >= 15 is 0 Å². The minimum absolute atomic E-state index is 0.499. The molecule has 2 aromatic rings. The summed E-state index contributed by atoms with van der Waals surface area (Å²) < 4.78 is 5.45. The standard InChI is InChI=1S/C17H23NOS/c1-3-18-15(10-11-16-8-6-12-20-16)13-14-7-4-5-9-17(14)19-2/h4-9,12,15,18H,3,10-11,13H2,1-2H3. The highest BCUT2D eigenvalue weighted by Crippen LogP contribution is 2.21. The molecule has 0 fully saturated rings. The van der Waals surface area contributed by atoms with Gasteiger partial charge in [-0.3, -0.25) is 0 Å². The van der Waals surface area contributed by atoms with Crippen LogP contribution in [0.4, 0.5) is 0 Å². The van der Waals surface area contributed by atoms with Gasteiger partial charge in [-0.05, 0) is 48.9 Å². The molecule has 1 aromatic heterocycles. The predicted octanol–water partition coefficient (Wildman–Crippen LogP) is 3.91. The van der Waals surface area contributed by atoms with E-state index < -0.39 is 0 Å². The molecule has 2 rings (SSSR count). The highest BCUT2D eigenvalue weighted by molar-refractivity contribution is 7.09. The van der Waals surface area contributed by atoms with E-state index in [9.17, 15) is 0 Å². The second-order valence-electron chi connectivity index (χ2n) is 4.89. The molecule has 0 aliphatic carbocycles. The van der Waals surface area contributed by atoms with Crippen molar-refractivity contribution < 1.29 is 4.74 Å². The third-order valence-electron chi connectivity index (χ3n) is 3.47. The SMILES string of the molecule is CCNC(CCc1cccs1)Cc1ccccc1OC. The van der Waals surface area contributed by atoms with Crippen molar-refractivity contribution in [3.63, 3.8) is 0 Å². The van der Waals surface area contributed by atoms with Crippen LogP contribution in [0, 0.1) is 0 Å². The van der Waals surface area contributed by atoms with Gasteiger partial charge >= 0.3 is 0 Å². The van der Waals surface area contributed by atoms with Crippen molar-refractivity contribution in [2.24, 2.45) is 0 Å². The number of para-hydroxylation sites is 1. The summed E-state index contributed by atoms with van der Waals surface area (Å²) in [5, 5.41) is 5.74. The van der Waals surface area contributed by atoms with Gasteiger partial charge in [0.1, 0.15) is 5.75 Å². The van der Waals surface area contributed by atoms with Crippen molar-refractivity contribution in [2.45, 2.75) is 32.2 Å². The molecule has 108 valence electrons. The lowest BCUT2D eigenvalue weighted by molar-refractivity contribution is 0.403. The van der Waals surface area contributed by atoms with Crippen LogP contribution in [0.1, 0.15) is 23.8 Å². The van der Waals surface area contributed by atoms with E-state index in [2.05, 4.69) is 41.9 Å². The van der Waals surface area contributed by atoms with E-state index in [0.29, 0.717) is 6.04 Å². The second-order valence-corrected chi connectivity index (χ2v) is 5.92. The van der Waals surface area contributed by atoms with Crippen LogP contribution in [0.3, 0.4) is 0 Å². The lowest BCUT2D eigenvalue weighted by Crippen LogP contribution is -2.31. The molecule has 1 N–H and O–H groups in total. The Morgan fingerprint density at radius 3 is 2.75 bits per heavy atom. The first-order valence-corrected chi connectivity index (χ1v) is 8.09. The molecule has 0 spiro atoms. The monoisotopic (exact) mass is 289 g/mol. The maximum Gasteiger partial charge on any atom is 0.122 e. The van der Waals surface area contributed by atoms with Gasteiger partial charge in [0.2, 0.25) is 0 Å². The van der Waals surface area contributed by atoms with Crippen LogP contribution in [0.5, 0.6) is 5.75 Å². The topological polar surface area (TPSA) is 21.3 Å². The van der Waals surface area contributed by atoms with Crippen molar-refractivity contribution in [1.82, 2.24) is 5.32 Å². The fourth-order valence-electron chi connectivity index (χ4n) is 2.47. The molecule has 2 nitrogen and oxygen atoms in total. The van der Waals surface area contributed by atoms with E-state index in [1.807, 2.05) is 23.5 Å². The normalized spacial score (nSPS) is 12.3. The largest absolute Gasteiger partial charge is 0.496 e. The third-order valence-corrected chi connectivity index (χ3v) is 4.41. The summed E-state index contributed by atoms with van der Waals surface area (Å²) in [5.74, 6) is 0.992.